The van der Waals surface area contributed by atoms with Crippen LogP contribution in [-0.2, 0) is 4.79 Å². The normalized spacial score (nSPS) is 11.6. The van der Waals surface area contributed by atoms with Crippen molar-refractivity contribution in [3.63, 3.8) is 0 Å². The first kappa shape index (κ1) is 16.1. The smallest absolute Gasteiger partial charge is 0.309 e. The molecule has 0 atom stereocenters. The van der Waals surface area contributed by atoms with E-state index in [1.165, 1.54) is 5.56 Å². The summed E-state index contributed by atoms with van der Waals surface area (Å²) in [6, 6.07) is 5.82. The van der Waals surface area contributed by atoms with Gasteiger partial charge in [0.05, 0.1) is 5.41 Å². The van der Waals surface area contributed by atoms with Crippen LogP contribution in [0.3, 0.4) is 0 Å². The van der Waals surface area contributed by atoms with Crippen LogP contribution in [0, 0.1) is 19.3 Å². The van der Waals surface area contributed by atoms with Gasteiger partial charge in [0.1, 0.15) is 5.69 Å². The maximum Gasteiger partial charge on any atom is 0.309 e. The lowest BCUT2D eigenvalue weighted by Crippen LogP contribution is -2.32. The monoisotopic (exact) mass is 302 g/mol. The van der Waals surface area contributed by atoms with Gasteiger partial charge in [-0.15, -0.1) is 0 Å². The van der Waals surface area contributed by atoms with E-state index in [0.29, 0.717) is 18.7 Å². The Balaban J connectivity index is 2.08. The van der Waals surface area contributed by atoms with E-state index in [4.69, 9.17) is 5.11 Å². The van der Waals surface area contributed by atoms with Gasteiger partial charge < -0.3 is 15.4 Å². The molecule has 2 aromatic rings. The number of benzene rings is 1. The summed E-state index contributed by atoms with van der Waals surface area (Å²) < 4.78 is 0. The molecule has 0 radical (unpaired) electrons. The van der Waals surface area contributed by atoms with Gasteiger partial charge in [-0.25, -0.2) is 0 Å². The molecular weight excluding hydrogens is 280 g/mol. The lowest BCUT2D eigenvalue weighted by molar-refractivity contribution is -0.147. The van der Waals surface area contributed by atoms with Crippen molar-refractivity contribution in [3.05, 3.63) is 35.0 Å². The van der Waals surface area contributed by atoms with Crippen molar-refractivity contribution in [1.29, 1.82) is 0 Å². The van der Waals surface area contributed by atoms with Crippen molar-refractivity contribution in [2.45, 2.75) is 34.1 Å². The lowest BCUT2D eigenvalue weighted by Gasteiger charge is -2.18. The van der Waals surface area contributed by atoms with E-state index < -0.39 is 11.4 Å². The second-order valence-corrected chi connectivity index (χ2v) is 6.35. The van der Waals surface area contributed by atoms with Gasteiger partial charge in [-0.2, -0.15) is 0 Å². The van der Waals surface area contributed by atoms with Gasteiger partial charge in [0.15, 0.2) is 0 Å². The van der Waals surface area contributed by atoms with Crippen molar-refractivity contribution in [2.75, 3.05) is 6.54 Å². The summed E-state index contributed by atoms with van der Waals surface area (Å²) in [7, 11) is 0. The number of hydrogen-bond acceptors (Lipinski definition) is 2. The highest BCUT2D eigenvalue weighted by molar-refractivity contribution is 5.99. The second-order valence-electron chi connectivity index (χ2n) is 6.35. The van der Waals surface area contributed by atoms with Crippen LogP contribution in [0.4, 0.5) is 0 Å². The summed E-state index contributed by atoms with van der Waals surface area (Å²) >= 11 is 0. The average Bonchev–Trinajstić information content (AvgIpc) is 2.87. The standard InChI is InChI=1S/C17H22N2O3/c1-10-5-6-13-12(11(10)2)9-14(19-13)15(20)18-8-7-17(3,4)16(21)22/h5-6,9,19H,7-8H2,1-4H3,(H,18,20)(H,21,22). The third kappa shape index (κ3) is 3.13. The Morgan fingerprint density at radius 1 is 1.27 bits per heavy atom. The molecule has 0 saturated heterocycles. The van der Waals surface area contributed by atoms with Gasteiger partial charge in [0, 0.05) is 17.4 Å². The molecule has 1 aromatic carbocycles. The molecule has 0 aliphatic heterocycles. The second kappa shape index (κ2) is 5.83. The molecule has 2 rings (SSSR count). The van der Waals surface area contributed by atoms with Crippen LogP contribution in [-0.4, -0.2) is 28.5 Å². The molecule has 118 valence electrons. The fourth-order valence-corrected chi connectivity index (χ4v) is 2.27. The maximum absolute atomic E-state index is 12.2. The molecule has 5 nitrogen and oxygen atoms in total. The minimum absolute atomic E-state index is 0.213. The molecule has 0 spiro atoms. The van der Waals surface area contributed by atoms with Crippen molar-refractivity contribution in [1.82, 2.24) is 10.3 Å². The number of aliphatic carboxylic acids is 1. The minimum Gasteiger partial charge on any atom is -0.481 e. The Hall–Kier alpha value is -2.30. The molecule has 5 heteroatoms. The largest absolute Gasteiger partial charge is 0.481 e. The Labute approximate surface area is 129 Å². The zero-order valence-electron chi connectivity index (χ0n) is 13.4. The van der Waals surface area contributed by atoms with Crippen molar-refractivity contribution >= 4 is 22.8 Å². The van der Waals surface area contributed by atoms with E-state index in [-0.39, 0.29) is 5.91 Å². The summed E-state index contributed by atoms with van der Waals surface area (Å²) in [6.45, 7) is 7.69. The number of fused-ring (bicyclic) bond motifs is 1. The van der Waals surface area contributed by atoms with Crippen LogP contribution >= 0.6 is 0 Å². The topological polar surface area (TPSA) is 82.2 Å². The third-order valence-electron chi connectivity index (χ3n) is 4.20. The fraction of sp³-hybridized carbons (Fsp3) is 0.412. The number of carboxylic acids is 1. The van der Waals surface area contributed by atoms with E-state index in [2.05, 4.69) is 10.3 Å². The number of amides is 1. The molecule has 0 bridgehead atoms. The number of aromatic nitrogens is 1. The predicted molar refractivity (Wildman–Crippen MR) is 86.1 cm³/mol. The number of aromatic amines is 1. The van der Waals surface area contributed by atoms with Crippen LogP contribution in [0.15, 0.2) is 18.2 Å². The molecule has 1 aromatic heterocycles. The summed E-state index contributed by atoms with van der Waals surface area (Å²) in [4.78, 5) is 26.3. The van der Waals surface area contributed by atoms with E-state index in [9.17, 15) is 9.59 Å². The van der Waals surface area contributed by atoms with Gasteiger partial charge in [-0.05, 0) is 57.4 Å². The molecule has 1 heterocycles. The molecule has 0 fully saturated rings. The number of carbonyl (C=O) groups excluding carboxylic acids is 1. The van der Waals surface area contributed by atoms with Crippen LogP contribution in [0.25, 0.3) is 10.9 Å². The molecule has 0 aliphatic carbocycles. The number of aryl methyl sites for hydroxylation is 2. The van der Waals surface area contributed by atoms with Gasteiger partial charge in [0.25, 0.3) is 5.91 Å². The summed E-state index contributed by atoms with van der Waals surface area (Å²) in [5.41, 5.74) is 2.92. The van der Waals surface area contributed by atoms with Gasteiger partial charge in [-0.1, -0.05) is 6.07 Å². The van der Waals surface area contributed by atoms with Crippen LogP contribution < -0.4 is 5.32 Å². The molecule has 1 amide bonds. The van der Waals surface area contributed by atoms with Crippen molar-refractivity contribution < 1.29 is 14.7 Å². The van der Waals surface area contributed by atoms with E-state index in [1.54, 1.807) is 13.8 Å². The predicted octanol–water partition coefficient (Wildman–Crippen LogP) is 3.02. The first-order valence-corrected chi connectivity index (χ1v) is 7.33. The SMILES string of the molecule is Cc1ccc2[nH]c(C(=O)NCCC(C)(C)C(=O)O)cc2c1C. The van der Waals surface area contributed by atoms with Crippen LogP contribution in [0.2, 0.25) is 0 Å². The highest BCUT2D eigenvalue weighted by Gasteiger charge is 2.26. The number of carboxylic acid groups (broad SMARTS) is 1. The number of carbonyl (C=O) groups is 2. The Morgan fingerprint density at radius 3 is 2.59 bits per heavy atom. The molecule has 22 heavy (non-hydrogen) atoms. The van der Waals surface area contributed by atoms with Crippen LogP contribution in [0.5, 0.6) is 0 Å². The number of nitrogens with one attached hydrogen (secondary N) is 2. The highest BCUT2D eigenvalue weighted by atomic mass is 16.4. The van der Waals surface area contributed by atoms with Crippen molar-refractivity contribution in [3.8, 4) is 0 Å². The number of hydrogen-bond donors (Lipinski definition) is 3. The lowest BCUT2D eigenvalue weighted by atomic mass is 9.90. The van der Waals surface area contributed by atoms with Crippen molar-refractivity contribution in [2.24, 2.45) is 5.41 Å². The van der Waals surface area contributed by atoms with E-state index >= 15 is 0 Å². The first-order chi connectivity index (χ1) is 10.2. The summed E-state index contributed by atoms with van der Waals surface area (Å²) in [6.07, 6.45) is 0.381. The summed E-state index contributed by atoms with van der Waals surface area (Å²) in [5, 5.41) is 12.9. The van der Waals surface area contributed by atoms with Gasteiger partial charge in [-0.3, -0.25) is 9.59 Å². The fourth-order valence-electron chi connectivity index (χ4n) is 2.27. The number of rotatable bonds is 5. The Kier molecular flexibility index (Phi) is 4.26. The maximum atomic E-state index is 12.2. The average molecular weight is 302 g/mol. The third-order valence-corrected chi connectivity index (χ3v) is 4.20. The van der Waals surface area contributed by atoms with E-state index in [0.717, 1.165) is 16.5 Å². The Morgan fingerprint density at radius 2 is 1.95 bits per heavy atom. The van der Waals surface area contributed by atoms with Gasteiger partial charge >= 0.3 is 5.97 Å². The minimum atomic E-state index is -0.863. The Bertz CT molecular complexity index is 729. The quantitative estimate of drug-likeness (QED) is 0.794. The van der Waals surface area contributed by atoms with E-state index in [1.807, 2.05) is 32.0 Å². The zero-order valence-corrected chi connectivity index (χ0v) is 13.4. The molecular formula is C17H22N2O3. The van der Waals surface area contributed by atoms with Crippen LogP contribution in [0.1, 0.15) is 41.9 Å². The van der Waals surface area contributed by atoms with Gasteiger partial charge in [0.2, 0.25) is 0 Å². The summed E-state index contributed by atoms with van der Waals surface area (Å²) in [5.74, 6) is -1.08. The molecule has 0 unspecified atom stereocenters. The highest BCUT2D eigenvalue weighted by Crippen LogP contribution is 2.23. The number of H-pyrrole nitrogens is 1. The molecule has 0 aliphatic rings. The zero-order chi connectivity index (χ0) is 16.5. The molecule has 3 N–H and O–H groups in total. The molecule has 0 saturated carbocycles. The first-order valence-electron chi connectivity index (χ1n) is 7.33.